The topological polar surface area (TPSA) is 59.0 Å². The molecule has 1 aromatic carbocycles. The van der Waals surface area contributed by atoms with Gasteiger partial charge in [0, 0.05) is 25.5 Å². The van der Waals surface area contributed by atoms with Gasteiger partial charge in [0.05, 0.1) is 22.5 Å². The van der Waals surface area contributed by atoms with Crippen LogP contribution < -0.4 is 10.6 Å². The number of hydrogen-bond acceptors (Lipinski definition) is 3. The molecular weight excluding hydrogens is 440 g/mol. The Kier molecular flexibility index (Phi) is 6.90. The van der Waals surface area contributed by atoms with E-state index in [0.29, 0.717) is 18.5 Å². The summed E-state index contributed by atoms with van der Waals surface area (Å²) in [5, 5.41) is 5.66. The molecule has 3 heterocycles. The highest BCUT2D eigenvalue weighted by atomic mass is 35.5. The Morgan fingerprint density at radius 2 is 2.07 bits per heavy atom. The fraction of sp³-hybridized carbons (Fsp3) is 0.300. The molecule has 1 aliphatic rings. The molecule has 1 saturated heterocycles. The van der Waals surface area contributed by atoms with Crippen LogP contribution in [0.5, 0.6) is 0 Å². The van der Waals surface area contributed by atoms with Crippen molar-refractivity contribution in [1.82, 2.24) is 20.2 Å². The molecule has 10 heteroatoms. The van der Waals surface area contributed by atoms with Crippen LogP contribution >= 0.6 is 24.0 Å². The van der Waals surface area contributed by atoms with Gasteiger partial charge in [0.1, 0.15) is 23.0 Å². The molecule has 4 rings (SSSR count). The maximum atomic E-state index is 14.6. The second-order valence-corrected chi connectivity index (χ2v) is 7.39. The molecule has 0 saturated carbocycles. The normalized spacial score (nSPS) is 18.8. The predicted molar refractivity (Wildman–Crippen MR) is 111 cm³/mol. The highest BCUT2D eigenvalue weighted by Crippen LogP contribution is 2.28. The van der Waals surface area contributed by atoms with E-state index < -0.39 is 29.8 Å². The SMILES string of the molecule is Cl.O=C(NC1CCNC[C@@H]1F)c1cn(Cc2ccnc(Cl)c2)c2c(F)ccc(F)c12. The summed E-state index contributed by atoms with van der Waals surface area (Å²) in [6.07, 6.45) is 2.06. The zero-order chi connectivity index (χ0) is 20.5. The highest BCUT2D eigenvalue weighted by Gasteiger charge is 2.28. The van der Waals surface area contributed by atoms with Crippen LogP contribution in [-0.4, -0.2) is 40.8 Å². The average Bonchev–Trinajstić information content (AvgIpc) is 3.07. The maximum absolute atomic E-state index is 14.6. The summed E-state index contributed by atoms with van der Waals surface area (Å²) in [6, 6.07) is 4.60. The Hall–Kier alpha value is -2.29. The Balaban J connectivity index is 0.00000256. The number of hydrogen-bond donors (Lipinski definition) is 2. The Bertz CT molecular complexity index is 1080. The van der Waals surface area contributed by atoms with Crippen molar-refractivity contribution in [3.05, 3.63) is 64.6 Å². The van der Waals surface area contributed by atoms with E-state index in [4.69, 9.17) is 11.6 Å². The number of amides is 1. The van der Waals surface area contributed by atoms with Gasteiger partial charge in [0.15, 0.2) is 0 Å². The van der Waals surface area contributed by atoms with Gasteiger partial charge in [-0.25, -0.2) is 18.2 Å². The number of fused-ring (bicyclic) bond motifs is 1. The predicted octanol–water partition coefficient (Wildman–Crippen LogP) is 3.87. The summed E-state index contributed by atoms with van der Waals surface area (Å²) >= 11 is 5.90. The molecule has 0 aliphatic carbocycles. The number of alkyl halides is 1. The van der Waals surface area contributed by atoms with Crippen molar-refractivity contribution in [2.75, 3.05) is 13.1 Å². The third kappa shape index (κ3) is 4.40. The van der Waals surface area contributed by atoms with E-state index in [1.165, 1.54) is 17.0 Å². The molecule has 5 nitrogen and oxygen atoms in total. The van der Waals surface area contributed by atoms with Crippen LogP contribution in [-0.2, 0) is 6.54 Å². The largest absolute Gasteiger partial charge is 0.346 e. The lowest BCUT2D eigenvalue weighted by Crippen LogP contribution is -2.50. The monoisotopic (exact) mass is 458 g/mol. The minimum Gasteiger partial charge on any atom is -0.346 e. The Labute approximate surface area is 182 Å². The molecule has 1 unspecified atom stereocenters. The summed E-state index contributed by atoms with van der Waals surface area (Å²) in [4.78, 5) is 16.7. The number of benzene rings is 1. The average molecular weight is 459 g/mol. The summed E-state index contributed by atoms with van der Waals surface area (Å²) in [5.74, 6) is -2.02. The number of piperidine rings is 1. The van der Waals surface area contributed by atoms with Gasteiger partial charge in [0.2, 0.25) is 0 Å². The Morgan fingerprint density at radius 3 is 2.80 bits per heavy atom. The molecule has 0 bridgehead atoms. The van der Waals surface area contributed by atoms with Gasteiger partial charge < -0.3 is 15.2 Å². The molecule has 3 aromatic rings. The molecule has 1 aliphatic heterocycles. The maximum Gasteiger partial charge on any atom is 0.253 e. The second-order valence-electron chi connectivity index (χ2n) is 7.00. The summed E-state index contributed by atoms with van der Waals surface area (Å²) in [7, 11) is 0. The Morgan fingerprint density at radius 1 is 1.30 bits per heavy atom. The lowest BCUT2D eigenvalue weighted by atomic mass is 10.0. The van der Waals surface area contributed by atoms with Crippen LogP contribution in [0, 0.1) is 11.6 Å². The first-order valence-electron chi connectivity index (χ1n) is 9.17. The highest BCUT2D eigenvalue weighted by molar-refractivity contribution is 6.29. The van der Waals surface area contributed by atoms with Crippen molar-refractivity contribution in [1.29, 1.82) is 0 Å². The third-order valence-electron chi connectivity index (χ3n) is 5.03. The molecular formula is C20H19Cl2F3N4O. The summed E-state index contributed by atoms with van der Waals surface area (Å²) in [5.41, 5.74) is 0.632. The van der Waals surface area contributed by atoms with Crippen molar-refractivity contribution in [3.63, 3.8) is 0 Å². The molecule has 1 amide bonds. The lowest BCUT2D eigenvalue weighted by Gasteiger charge is -2.27. The van der Waals surface area contributed by atoms with E-state index in [1.54, 1.807) is 12.1 Å². The molecule has 1 fully saturated rings. The molecule has 2 aromatic heterocycles. The zero-order valence-electron chi connectivity index (χ0n) is 15.7. The van der Waals surface area contributed by atoms with Gasteiger partial charge in [-0.3, -0.25) is 4.79 Å². The van der Waals surface area contributed by atoms with E-state index in [9.17, 15) is 18.0 Å². The number of halogens is 5. The third-order valence-corrected chi connectivity index (χ3v) is 5.24. The molecule has 0 spiro atoms. The van der Waals surface area contributed by atoms with Gasteiger partial charge >= 0.3 is 0 Å². The molecule has 2 N–H and O–H groups in total. The van der Waals surface area contributed by atoms with Crippen LogP contribution in [0.15, 0.2) is 36.7 Å². The molecule has 160 valence electrons. The van der Waals surface area contributed by atoms with E-state index in [2.05, 4.69) is 15.6 Å². The molecule has 0 radical (unpaired) electrons. The van der Waals surface area contributed by atoms with Crippen LogP contribution in [0.4, 0.5) is 13.2 Å². The van der Waals surface area contributed by atoms with Crippen molar-refractivity contribution in [3.8, 4) is 0 Å². The second kappa shape index (κ2) is 9.24. The number of nitrogens with zero attached hydrogens (tertiary/aromatic N) is 2. The number of pyridine rings is 1. The van der Waals surface area contributed by atoms with Gasteiger partial charge in [-0.05, 0) is 42.8 Å². The zero-order valence-corrected chi connectivity index (χ0v) is 17.2. The van der Waals surface area contributed by atoms with Gasteiger partial charge in [0.25, 0.3) is 5.91 Å². The minimum absolute atomic E-state index is 0. The van der Waals surface area contributed by atoms with E-state index in [0.717, 1.165) is 12.1 Å². The van der Waals surface area contributed by atoms with E-state index >= 15 is 0 Å². The first-order chi connectivity index (χ1) is 13.9. The summed E-state index contributed by atoms with van der Waals surface area (Å²) in [6.45, 7) is 0.864. The molecule has 30 heavy (non-hydrogen) atoms. The van der Waals surface area contributed by atoms with Crippen molar-refractivity contribution in [2.45, 2.75) is 25.2 Å². The number of carbonyl (C=O) groups excluding carboxylic acids is 1. The van der Waals surface area contributed by atoms with Gasteiger partial charge in [-0.15, -0.1) is 12.4 Å². The van der Waals surface area contributed by atoms with E-state index in [-0.39, 0.29) is 47.1 Å². The first kappa shape index (κ1) is 22.4. The van der Waals surface area contributed by atoms with Crippen molar-refractivity contribution >= 4 is 40.8 Å². The quantitative estimate of drug-likeness (QED) is 0.583. The van der Waals surface area contributed by atoms with Crippen molar-refractivity contribution in [2.24, 2.45) is 0 Å². The smallest absolute Gasteiger partial charge is 0.253 e. The number of aromatic nitrogens is 2. The van der Waals surface area contributed by atoms with Crippen LogP contribution in [0.3, 0.4) is 0 Å². The number of rotatable bonds is 4. The first-order valence-corrected chi connectivity index (χ1v) is 9.54. The van der Waals surface area contributed by atoms with Crippen LogP contribution in [0.25, 0.3) is 10.9 Å². The minimum atomic E-state index is -1.25. The van der Waals surface area contributed by atoms with E-state index in [1.807, 2.05) is 0 Å². The lowest BCUT2D eigenvalue weighted by molar-refractivity contribution is 0.0893. The van der Waals surface area contributed by atoms with Crippen LogP contribution in [0.2, 0.25) is 5.15 Å². The summed E-state index contributed by atoms with van der Waals surface area (Å²) < 4.78 is 44.7. The fourth-order valence-corrected chi connectivity index (χ4v) is 3.82. The van der Waals surface area contributed by atoms with Crippen LogP contribution in [0.1, 0.15) is 22.3 Å². The standard InChI is InChI=1S/C20H18ClF3N4O.ClH/c21-17-7-11(3-6-26-17)9-28-10-12(18-13(22)1-2-14(23)19(18)28)20(29)27-16-4-5-25-8-15(16)24;/h1-3,6-7,10,15-16,25H,4-5,8-9H2,(H,27,29);1H/t15-,16?;/m0./s1. The van der Waals surface area contributed by atoms with Crippen molar-refractivity contribution < 1.29 is 18.0 Å². The van der Waals surface area contributed by atoms with Gasteiger partial charge in [-0.1, -0.05) is 11.6 Å². The van der Waals surface area contributed by atoms with Gasteiger partial charge in [-0.2, -0.15) is 0 Å². The number of carbonyl (C=O) groups is 1. The fourth-order valence-electron chi connectivity index (χ4n) is 3.63. The molecule has 2 atom stereocenters. The number of nitrogens with one attached hydrogen (secondary N) is 2.